The first-order valence-electron chi connectivity index (χ1n) is 28.9. The molecule has 4 fully saturated rings. The van der Waals surface area contributed by atoms with Gasteiger partial charge in [-0.3, -0.25) is 9.59 Å². The molecule has 7 rings (SSSR count). The van der Waals surface area contributed by atoms with Gasteiger partial charge in [0, 0.05) is 95.4 Å². The van der Waals surface area contributed by atoms with Gasteiger partial charge >= 0.3 is 5.97 Å². The highest BCUT2D eigenvalue weighted by atomic mass is 19.1. The molecule has 0 unspecified atom stereocenters. The summed E-state index contributed by atoms with van der Waals surface area (Å²) in [5.41, 5.74) is -2.25. The summed E-state index contributed by atoms with van der Waals surface area (Å²) in [6.07, 6.45) is -7.07. The SMILES string of the molecule is CC[C@H]1OC(=O)[C@H](C)[C@@H](O[C@H]2C[C@@](C)(OC)[C@@H](O)[C@H](C)O2)[C@H](C)[C@@H](O[C@@H]2O[C@H](C)C[C@H](N(C)CCc3cn(C[C@H]4CC(c5ccc(N6CCN(C(=O)CO)CC6)c(F)c5)=NO4)nn3)[C@H]2O)[C@](C)(O)C[C@@H](C)CN(C)[C@H](C)[C@@H](O)[C@]1(C)O. The number of benzene rings is 1. The second-order valence-electron chi connectivity index (χ2n) is 24.5. The highest BCUT2D eigenvalue weighted by Crippen LogP contribution is 2.41. The van der Waals surface area contributed by atoms with Gasteiger partial charge in [-0.1, -0.05) is 37.2 Å². The van der Waals surface area contributed by atoms with Crippen molar-refractivity contribution in [2.24, 2.45) is 22.9 Å². The van der Waals surface area contributed by atoms with Crippen LogP contribution in [0.2, 0.25) is 0 Å². The Labute approximate surface area is 476 Å². The van der Waals surface area contributed by atoms with Crippen LogP contribution in [0.25, 0.3) is 0 Å². The van der Waals surface area contributed by atoms with Crippen LogP contribution in [0.15, 0.2) is 29.6 Å². The topological polar surface area (TPSA) is 276 Å². The van der Waals surface area contributed by atoms with Crippen molar-refractivity contribution in [2.45, 2.75) is 211 Å². The van der Waals surface area contributed by atoms with Crippen molar-refractivity contribution < 1.29 is 77.9 Å². The predicted molar refractivity (Wildman–Crippen MR) is 295 cm³/mol. The normalized spacial score (nSPS) is 39.0. The number of esters is 1. The van der Waals surface area contributed by atoms with Crippen molar-refractivity contribution in [3.8, 4) is 0 Å². The molecule has 23 nitrogen and oxygen atoms in total. The number of carbonyl (C=O) groups is 2. The molecule has 0 saturated carbocycles. The van der Waals surface area contributed by atoms with Gasteiger partial charge in [0.05, 0.1) is 65.2 Å². The van der Waals surface area contributed by atoms with Gasteiger partial charge in [0.25, 0.3) is 0 Å². The Kier molecular flexibility index (Phi) is 21.4. The lowest BCUT2D eigenvalue weighted by atomic mass is 9.77. The Morgan fingerprint density at radius 3 is 2.33 bits per heavy atom. The fraction of sp³-hybridized carbons (Fsp3) is 0.807. The van der Waals surface area contributed by atoms with E-state index in [4.69, 9.17) is 33.3 Å². The third-order valence-corrected chi connectivity index (χ3v) is 17.9. The first kappa shape index (κ1) is 64.5. The predicted octanol–water partition coefficient (Wildman–Crippen LogP) is 2.08. The minimum atomic E-state index is -1.86. The zero-order valence-electron chi connectivity index (χ0n) is 49.8. The highest BCUT2D eigenvalue weighted by molar-refractivity contribution is 6.01. The zero-order valence-corrected chi connectivity index (χ0v) is 49.8. The lowest BCUT2D eigenvalue weighted by molar-refractivity contribution is -0.318. The molecule has 6 N–H and O–H groups in total. The van der Waals surface area contributed by atoms with Crippen LogP contribution in [0.3, 0.4) is 0 Å². The lowest BCUT2D eigenvalue weighted by Crippen LogP contribution is -2.61. The number of hydrogen-bond acceptors (Lipinski definition) is 21. The van der Waals surface area contributed by atoms with E-state index >= 15 is 4.39 Å². The van der Waals surface area contributed by atoms with Crippen LogP contribution >= 0.6 is 0 Å². The molecule has 2 aromatic rings. The summed E-state index contributed by atoms with van der Waals surface area (Å²) in [5, 5.41) is 82.2. The summed E-state index contributed by atoms with van der Waals surface area (Å²) in [4.78, 5) is 39.6. The molecule has 24 heteroatoms. The molecule has 4 saturated heterocycles. The summed E-state index contributed by atoms with van der Waals surface area (Å²) in [5.74, 6) is -3.62. The van der Waals surface area contributed by atoms with Crippen molar-refractivity contribution in [3.63, 3.8) is 0 Å². The Morgan fingerprint density at radius 1 is 0.975 bits per heavy atom. The largest absolute Gasteiger partial charge is 0.459 e. The number of cyclic esters (lactones) is 1. The van der Waals surface area contributed by atoms with E-state index in [2.05, 4.69) is 15.5 Å². The lowest BCUT2D eigenvalue weighted by Gasteiger charge is -2.49. The number of ether oxygens (including phenoxy) is 6. The van der Waals surface area contributed by atoms with Crippen LogP contribution in [0.4, 0.5) is 10.1 Å². The molecule has 5 aliphatic rings. The fourth-order valence-electron chi connectivity index (χ4n) is 12.8. The fourth-order valence-corrected chi connectivity index (χ4v) is 12.8. The van der Waals surface area contributed by atoms with Crippen LogP contribution in [-0.4, -0.2) is 241 Å². The Hall–Kier alpha value is -4.02. The van der Waals surface area contributed by atoms with E-state index in [0.29, 0.717) is 87.7 Å². The van der Waals surface area contributed by atoms with E-state index in [9.17, 15) is 40.2 Å². The number of carbonyl (C=O) groups excluding carboxylic acids is 2. The third kappa shape index (κ3) is 14.9. The smallest absolute Gasteiger partial charge is 0.311 e. The summed E-state index contributed by atoms with van der Waals surface area (Å²) in [6.45, 7) is 19.8. The number of likely N-dealkylation sites (N-methyl/N-ethyl adjacent to an activating group) is 2. The van der Waals surface area contributed by atoms with E-state index in [1.54, 1.807) is 64.1 Å². The van der Waals surface area contributed by atoms with Crippen molar-refractivity contribution in [2.75, 3.05) is 72.0 Å². The molecular formula is C57H93FN8O15. The number of aromatic nitrogens is 3. The number of piperazine rings is 1. The summed E-state index contributed by atoms with van der Waals surface area (Å²) in [6, 6.07) is 3.91. The van der Waals surface area contributed by atoms with E-state index in [0.717, 1.165) is 0 Å². The number of aliphatic hydroxyl groups excluding tert-OH is 4. The molecule has 1 aromatic heterocycles. The minimum absolute atomic E-state index is 0.0821. The van der Waals surface area contributed by atoms with Gasteiger partial charge in [0.15, 0.2) is 18.7 Å². The van der Waals surface area contributed by atoms with Crippen LogP contribution < -0.4 is 4.90 Å². The molecule has 0 bridgehead atoms. The number of rotatable bonds is 15. The Morgan fingerprint density at radius 2 is 1.68 bits per heavy atom. The van der Waals surface area contributed by atoms with Gasteiger partial charge in [-0.2, -0.15) is 0 Å². The number of nitrogens with zero attached hydrogens (tertiary/aromatic N) is 8. The molecule has 6 heterocycles. The molecular weight excluding hydrogens is 1060 g/mol. The zero-order chi connectivity index (χ0) is 59.5. The van der Waals surface area contributed by atoms with Crippen molar-refractivity contribution in [1.82, 2.24) is 29.7 Å². The average molecular weight is 1150 g/mol. The Balaban J connectivity index is 1.04. The monoisotopic (exact) mass is 1150 g/mol. The van der Waals surface area contributed by atoms with E-state index in [-0.39, 0.29) is 37.2 Å². The van der Waals surface area contributed by atoms with Crippen molar-refractivity contribution in [1.29, 1.82) is 0 Å². The standard InChI is InChI=1S/C57H93FN8O15/c1-14-45-57(10,74)50(70)36(6)63(12)28-32(2)26-55(8,73)52(34(4)49(35(5)53(72)78-45)79-47-27-56(9,75-13)51(71)37(7)77-47)80-54-48(69)44(23-33(3)76-54)62(11)18-17-39-29-66(61-59-39)30-40-25-42(60-81-40)38-15-16-43(41(58)24-38)64-19-21-65(22-20-64)46(68)31-67/h15-16,24,29,32-37,40,44-45,47-52,54,67,69-71,73-74H,14,17-23,25-28,30-31H2,1-13H3/t32-,33-,34+,35-,36-,37+,40-,44+,45-,47+,48-,49+,50-,51+,52-,54+,55-,56-,57-/m1/s1. The number of oxime groups is 1. The van der Waals surface area contributed by atoms with Gasteiger partial charge < -0.3 is 83.5 Å². The maximum Gasteiger partial charge on any atom is 0.311 e. The average Bonchev–Trinajstić information content (AvgIpc) is 4.24. The number of aliphatic hydroxyl groups is 6. The molecule has 5 aliphatic heterocycles. The first-order chi connectivity index (χ1) is 38.1. The van der Waals surface area contributed by atoms with Gasteiger partial charge in [-0.15, -0.1) is 5.10 Å². The molecule has 458 valence electrons. The number of methoxy groups -OCH3 is 1. The second-order valence-corrected chi connectivity index (χ2v) is 24.5. The van der Waals surface area contributed by atoms with Crippen molar-refractivity contribution in [3.05, 3.63) is 41.5 Å². The maximum atomic E-state index is 15.5. The highest BCUT2D eigenvalue weighted by Gasteiger charge is 2.53. The first-order valence-corrected chi connectivity index (χ1v) is 28.9. The van der Waals surface area contributed by atoms with Crippen LogP contribution in [0.5, 0.6) is 0 Å². The molecule has 19 atom stereocenters. The number of anilines is 1. The van der Waals surface area contributed by atoms with Gasteiger partial charge in [-0.05, 0) is 99.9 Å². The van der Waals surface area contributed by atoms with Gasteiger partial charge in [-0.25, -0.2) is 9.07 Å². The molecule has 0 spiro atoms. The van der Waals surface area contributed by atoms with E-state index in [1.807, 2.05) is 54.9 Å². The van der Waals surface area contributed by atoms with Gasteiger partial charge in [0.2, 0.25) is 5.91 Å². The molecule has 1 aromatic carbocycles. The number of amides is 1. The minimum Gasteiger partial charge on any atom is -0.459 e. The third-order valence-electron chi connectivity index (χ3n) is 17.9. The van der Waals surface area contributed by atoms with Crippen molar-refractivity contribution >= 4 is 23.3 Å². The van der Waals surface area contributed by atoms with Gasteiger partial charge in [0.1, 0.15) is 42.4 Å². The number of hydrogen-bond donors (Lipinski definition) is 6. The molecule has 1 amide bonds. The van der Waals surface area contributed by atoms with Crippen LogP contribution in [-0.2, 0) is 55.8 Å². The summed E-state index contributed by atoms with van der Waals surface area (Å²) in [7, 11) is 5.23. The Bertz CT molecular complexity index is 2430. The van der Waals surface area contributed by atoms with Crippen LogP contribution in [0, 0.1) is 23.6 Å². The molecule has 0 aliphatic carbocycles. The second kappa shape index (κ2) is 26.9. The van der Waals surface area contributed by atoms with E-state index in [1.165, 1.54) is 20.1 Å². The molecule has 0 radical (unpaired) electrons. The maximum absolute atomic E-state index is 15.5. The number of halogens is 1. The van der Waals surface area contributed by atoms with E-state index < -0.39 is 121 Å². The summed E-state index contributed by atoms with van der Waals surface area (Å²) >= 11 is 0. The molecule has 81 heavy (non-hydrogen) atoms. The van der Waals surface area contributed by atoms with Crippen LogP contribution in [0.1, 0.15) is 113 Å². The quantitative estimate of drug-likeness (QED) is 0.139. The summed E-state index contributed by atoms with van der Waals surface area (Å²) < 4.78 is 55.5.